The molecule has 2 aromatic rings. The van der Waals surface area contributed by atoms with E-state index in [-0.39, 0.29) is 91.7 Å². The number of aromatic hydroxyl groups is 1. The Morgan fingerprint density at radius 3 is 2.14 bits per heavy atom. The van der Waals surface area contributed by atoms with Gasteiger partial charge < -0.3 is 19.3 Å². The van der Waals surface area contributed by atoms with Crippen molar-refractivity contribution in [1.29, 1.82) is 0 Å². The van der Waals surface area contributed by atoms with Gasteiger partial charge >= 0.3 is 5.97 Å². The van der Waals surface area contributed by atoms with Gasteiger partial charge in [0.1, 0.15) is 18.2 Å². The molecule has 1 aliphatic heterocycles. The maximum absolute atomic E-state index is 12.4. The molecule has 3 rings (SSSR count). The van der Waals surface area contributed by atoms with Crippen molar-refractivity contribution < 1.29 is 52.9 Å². The monoisotopic (exact) mass is 583 g/mol. The Morgan fingerprint density at radius 2 is 1.45 bits per heavy atom. The van der Waals surface area contributed by atoms with Crippen molar-refractivity contribution in [3.63, 3.8) is 0 Å². The maximum Gasteiger partial charge on any atom is 0.311 e. The lowest BCUT2D eigenvalue weighted by Crippen LogP contribution is -2.31. The highest BCUT2D eigenvalue weighted by Crippen LogP contribution is 2.29. The molecular weight excluding hydrogens is 550 g/mol. The van der Waals surface area contributed by atoms with E-state index in [9.17, 15) is 33.9 Å². The molecule has 1 aliphatic rings. The van der Waals surface area contributed by atoms with Crippen molar-refractivity contribution in [3.05, 3.63) is 47.5 Å². The summed E-state index contributed by atoms with van der Waals surface area (Å²) in [5.41, 5.74) is 1.38. The number of imide groups is 1. The number of phenolic OH excluding ortho intramolecular Hbond substituents is 1. The van der Waals surface area contributed by atoms with Crippen molar-refractivity contribution in [2.75, 3.05) is 20.8 Å². The number of Topliss-reactive ketones (excluding diaryl/α,β-unsaturated/α-hetero) is 3. The quantitative estimate of drug-likeness (QED) is 0.126. The molecule has 0 aliphatic carbocycles. The molecule has 12 nitrogen and oxygen atoms in total. The van der Waals surface area contributed by atoms with Crippen molar-refractivity contribution in [1.82, 2.24) is 5.06 Å². The fourth-order valence-corrected chi connectivity index (χ4v) is 4.18. The summed E-state index contributed by atoms with van der Waals surface area (Å²) in [4.78, 5) is 77.0. The second-order valence-electron chi connectivity index (χ2n) is 9.64. The average Bonchev–Trinajstić information content (AvgIpc) is 3.28. The minimum atomic E-state index is -0.584. The van der Waals surface area contributed by atoms with Crippen LogP contribution >= 0.6 is 0 Å². The highest BCUT2D eigenvalue weighted by Gasteiger charge is 2.30. The third-order valence-corrected chi connectivity index (χ3v) is 6.38. The summed E-state index contributed by atoms with van der Waals surface area (Å²) >= 11 is 0. The van der Waals surface area contributed by atoms with Gasteiger partial charge in [0.25, 0.3) is 11.8 Å². The number of rotatable bonds is 17. The van der Waals surface area contributed by atoms with Gasteiger partial charge in [0.05, 0.1) is 20.6 Å². The van der Waals surface area contributed by atoms with Crippen LogP contribution in [0.5, 0.6) is 23.0 Å². The molecule has 224 valence electrons. The van der Waals surface area contributed by atoms with Gasteiger partial charge in [-0.2, -0.15) is 5.06 Å². The first-order valence-corrected chi connectivity index (χ1v) is 13.4. The Balaban J connectivity index is 1.40. The number of carbonyl (C=O) groups excluding carboxylic acids is 6. The average molecular weight is 584 g/mol. The van der Waals surface area contributed by atoms with Gasteiger partial charge in [-0.05, 0) is 48.2 Å². The standard InChI is InChI=1S/C30H33NO11/c1-39-26-16-20(7-10-24(26)35)14-23(34)17-21(32)9-6-19-8-11-25(27(15-19)40-2)42-30(38)5-3-4-22(33)18-41-31-28(36)12-13-29(31)37/h7-8,10-11,15-16,35H,3-6,9,12-14,17-18H2,1-2H3. The van der Waals surface area contributed by atoms with E-state index >= 15 is 0 Å². The molecule has 2 amide bonds. The fourth-order valence-electron chi connectivity index (χ4n) is 4.18. The van der Waals surface area contributed by atoms with Crippen LogP contribution in [0.3, 0.4) is 0 Å². The van der Waals surface area contributed by atoms with Crippen LogP contribution in [0.25, 0.3) is 0 Å². The molecule has 0 unspecified atom stereocenters. The lowest BCUT2D eigenvalue weighted by molar-refractivity contribution is -0.188. The molecule has 1 saturated heterocycles. The van der Waals surface area contributed by atoms with Crippen molar-refractivity contribution >= 4 is 35.1 Å². The first-order chi connectivity index (χ1) is 20.1. The minimum Gasteiger partial charge on any atom is -0.504 e. The lowest BCUT2D eigenvalue weighted by atomic mass is 10.0. The zero-order chi connectivity index (χ0) is 30.6. The van der Waals surface area contributed by atoms with Crippen LogP contribution in [0.2, 0.25) is 0 Å². The Kier molecular flexibility index (Phi) is 11.7. The number of hydrogen-bond donors (Lipinski definition) is 1. The molecule has 0 saturated carbocycles. The van der Waals surface area contributed by atoms with Gasteiger partial charge in [0.15, 0.2) is 28.8 Å². The van der Waals surface area contributed by atoms with Crippen molar-refractivity contribution in [3.8, 4) is 23.0 Å². The highest BCUT2D eigenvalue weighted by molar-refractivity contribution is 6.01. The molecule has 2 aromatic carbocycles. The minimum absolute atomic E-state index is 0.00105. The number of phenols is 1. The van der Waals surface area contributed by atoms with Gasteiger partial charge in [0.2, 0.25) is 0 Å². The second kappa shape index (κ2) is 15.4. The largest absolute Gasteiger partial charge is 0.504 e. The van der Waals surface area contributed by atoms with E-state index in [1.165, 1.54) is 20.3 Å². The van der Waals surface area contributed by atoms with Crippen LogP contribution in [0.1, 0.15) is 56.1 Å². The maximum atomic E-state index is 12.4. The van der Waals surface area contributed by atoms with Gasteiger partial charge in [-0.25, -0.2) is 0 Å². The molecule has 12 heteroatoms. The Hall–Kier alpha value is -4.58. The number of methoxy groups -OCH3 is 2. The third-order valence-electron chi connectivity index (χ3n) is 6.38. The number of benzene rings is 2. The normalized spacial score (nSPS) is 12.8. The van der Waals surface area contributed by atoms with Gasteiger partial charge in [-0.15, -0.1) is 0 Å². The van der Waals surface area contributed by atoms with Gasteiger partial charge in [-0.1, -0.05) is 12.1 Å². The Morgan fingerprint density at radius 1 is 0.786 bits per heavy atom. The fraction of sp³-hybridized carbons (Fsp3) is 0.400. The number of ether oxygens (including phenoxy) is 3. The number of hydroxylamine groups is 2. The second-order valence-corrected chi connectivity index (χ2v) is 9.64. The number of carbonyl (C=O) groups is 6. The summed E-state index contributed by atoms with van der Waals surface area (Å²) in [7, 11) is 2.82. The van der Waals surface area contributed by atoms with E-state index in [1.807, 2.05) is 0 Å². The van der Waals surface area contributed by atoms with Crippen LogP contribution in [0.15, 0.2) is 36.4 Å². The first-order valence-electron chi connectivity index (χ1n) is 13.4. The number of amides is 2. The first kappa shape index (κ1) is 31.9. The predicted octanol–water partition coefficient (Wildman–Crippen LogP) is 2.84. The number of esters is 1. The SMILES string of the molecule is COc1cc(CC(=O)CC(=O)CCc2ccc(OC(=O)CCCC(=O)CON3C(=O)CCC3=O)c(OC)c2)ccc1O. The highest BCUT2D eigenvalue weighted by atomic mass is 16.7. The molecule has 0 radical (unpaired) electrons. The van der Waals surface area contributed by atoms with Crippen molar-refractivity contribution in [2.24, 2.45) is 0 Å². The third kappa shape index (κ3) is 9.51. The molecule has 1 N–H and O–H groups in total. The summed E-state index contributed by atoms with van der Waals surface area (Å²) in [6.45, 7) is -0.438. The van der Waals surface area contributed by atoms with E-state index in [1.54, 1.807) is 30.3 Å². The number of ketones is 3. The van der Waals surface area contributed by atoms with Crippen LogP contribution in [0.4, 0.5) is 0 Å². The molecular formula is C30H33NO11. The Labute approximate surface area is 242 Å². The molecule has 0 atom stereocenters. The zero-order valence-corrected chi connectivity index (χ0v) is 23.5. The molecule has 0 spiro atoms. The molecule has 1 fully saturated rings. The van der Waals surface area contributed by atoms with Crippen LogP contribution in [-0.4, -0.2) is 66.1 Å². The number of aryl methyl sites for hydroxylation is 1. The van der Waals surface area contributed by atoms with E-state index in [2.05, 4.69) is 0 Å². The predicted molar refractivity (Wildman–Crippen MR) is 146 cm³/mol. The lowest BCUT2D eigenvalue weighted by Gasteiger charge is -2.12. The van der Waals surface area contributed by atoms with E-state index in [0.717, 1.165) is 5.56 Å². The molecule has 0 bridgehead atoms. The Bertz CT molecular complexity index is 1330. The van der Waals surface area contributed by atoms with Gasteiger partial charge in [0, 0.05) is 38.5 Å². The number of hydrogen-bond acceptors (Lipinski definition) is 11. The summed E-state index contributed by atoms with van der Waals surface area (Å²) in [5, 5.41) is 10.3. The molecule has 42 heavy (non-hydrogen) atoms. The van der Waals surface area contributed by atoms with Crippen LogP contribution < -0.4 is 14.2 Å². The summed E-state index contributed by atoms with van der Waals surface area (Å²) in [5.74, 6) is -1.71. The van der Waals surface area contributed by atoms with E-state index < -0.39 is 24.4 Å². The van der Waals surface area contributed by atoms with Crippen molar-refractivity contribution in [2.45, 2.75) is 57.8 Å². The number of nitrogens with zero attached hydrogens (tertiary/aromatic N) is 1. The zero-order valence-electron chi connectivity index (χ0n) is 23.5. The molecule has 1 heterocycles. The van der Waals surface area contributed by atoms with Gasteiger partial charge in [-0.3, -0.25) is 33.6 Å². The van der Waals surface area contributed by atoms with E-state index in [4.69, 9.17) is 19.0 Å². The summed E-state index contributed by atoms with van der Waals surface area (Å²) in [6, 6.07) is 9.45. The van der Waals surface area contributed by atoms with Crippen LogP contribution in [-0.2, 0) is 46.4 Å². The molecule has 0 aromatic heterocycles. The van der Waals surface area contributed by atoms with Crippen LogP contribution in [0, 0.1) is 0 Å². The summed E-state index contributed by atoms with van der Waals surface area (Å²) in [6.07, 6.45) is 0.540. The summed E-state index contributed by atoms with van der Waals surface area (Å²) < 4.78 is 15.7. The topological polar surface area (TPSA) is 163 Å². The smallest absolute Gasteiger partial charge is 0.311 e. The van der Waals surface area contributed by atoms with E-state index in [0.29, 0.717) is 17.0 Å².